The molecule has 26 heavy (non-hydrogen) atoms. The smallest absolute Gasteiger partial charge is 0.233 e. The third-order valence-electron chi connectivity index (χ3n) is 4.48. The second-order valence-electron chi connectivity index (χ2n) is 6.13. The first-order chi connectivity index (χ1) is 12.6. The Morgan fingerprint density at radius 2 is 1.85 bits per heavy atom. The molecule has 0 fully saturated rings. The molecular formula is C20H22N2O4. The first-order valence-electron chi connectivity index (χ1n) is 8.47. The molecule has 0 atom stereocenters. The van der Waals surface area contributed by atoms with E-state index in [1.165, 1.54) is 12.7 Å². The summed E-state index contributed by atoms with van der Waals surface area (Å²) < 4.78 is 10.4. The van der Waals surface area contributed by atoms with Crippen LogP contribution in [0.15, 0.2) is 42.5 Å². The monoisotopic (exact) mass is 354 g/mol. The predicted octanol–water partition coefficient (Wildman–Crippen LogP) is 2.62. The third kappa shape index (κ3) is 3.96. The largest absolute Gasteiger partial charge is 0.497 e. The first-order valence-corrected chi connectivity index (χ1v) is 8.47. The van der Waals surface area contributed by atoms with Crippen molar-refractivity contribution < 1.29 is 19.1 Å². The highest BCUT2D eigenvalue weighted by Gasteiger charge is 2.22. The highest BCUT2D eigenvalue weighted by Crippen LogP contribution is 2.29. The number of carbonyl (C=O) groups is 2. The Labute approximate surface area is 152 Å². The Balaban J connectivity index is 1.61. The van der Waals surface area contributed by atoms with Gasteiger partial charge in [-0.25, -0.2) is 0 Å². The SMILES string of the molecule is COc1ccc(NC(=O)CC(=O)N2CCc3ccccc3C2)c(OC)c1. The van der Waals surface area contributed by atoms with E-state index in [4.69, 9.17) is 9.47 Å². The number of hydrogen-bond donors (Lipinski definition) is 1. The van der Waals surface area contributed by atoms with Crippen molar-refractivity contribution in [2.75, 3.05) is 26.1 Å². The molecule has 2 aromatic rings. The van der Waals surface area contributed by atoms with E-state index in [0.29, 0.717) is 30.3 Å². The zero-order valence-corrected chi connectivity index (χ0v) is 15.0. The molecule has 1 aliphatic heterocycles. The van der Waals surface area contributed by atoms with E-state index in [1.54, 1.807) is 30.2 Å². The fourth-order valence-electron chi connectivity index (χ4n) is 3.05. The zero-order chi connectivity index (χ0) is 18.5. The minimum absolute atomic E-state index is 0.176. The summed E-state index contributed by atoms with van der Waals surface area (Å²) in [4.78, 5) is 26.5. The van der Waals surface area contributed by atoms with Gasteiger partial charge in [0.15, 0.2) is 0 Å². The fraction of sp³-hybridized carbons (Fsp3) is 0.300. The maximum absolute atomic E-state index is 12.5. The number of nitrogens with one attached hydrogen (secondary N) is 1. The quantitative estimate of drug-likeness (QED) is 0.838. The molecule has 0 aromatic heterocycles. The van der Waals surface area contributed by atoms with Gasteiger partial charge in [0.2, 0.25) is 11.8 Å². The number of anilines is 1. The van der Waals surface area contributed by atoms with E-state index in [2.05, 4.69) is 11.4 Å². The van der Waals surface area contributed by atoms with Crippen LogP contribution < -0.4 is 14.8 Å². The van der Waals surface area contributed by atoms with E-state index in [-0.39, 0.29) is 18.2 Å². The molecule has 0 spiro atoms. The molecule has 1 heterocycles. The van der Waals surface area contributed by atoms with Gasteiger partial charge in [-0.2, -0.15) is 0 Å². The molecule has 136 valence electrons. The van der Waals surface area contributed by atoms with E-state index in [9.17, 15) is 9.59 Å². The lowest BCUT2D eigenvalue weighted by Crippen LogP contribution is -2.37. The van der Waals surface area contributed by atoms with Crippen LogP contribution in [0, 0.1) is 0 Å². The van der Waals surface area contributed by atoms with Gasteiger partial charge in [-0.1, -0.05) is 24.3 Å². The lowest BCUT2D eigenvalue weighted by molar-refractivity contribution is -0.135. The van der Waals surface area contributed by atoms with Gasteiger partial charge in [0.25, 0.3) is 0 Å². The minimum Gasteiger partial charge on any atom is -0.497 e. The van der Waals surface area contributed by atoms with Crippen LogP contribution in [0.1, 0.15) is 17.5 Å². The summed E-state index contributed by atoms with van der Waals surface area (Å²) in [5.74, 6) is 0.571. The number of fused-ring (bicyclic) bond motifs is 1. The van der Waals surface area contributed by atoms with Gasteiger partial charge in [-0.05, 0) is 29.7 Å². The molecule has 1 N–H and O–H groups in total. The van der Waals surface area contributed by atoms with Gasteiger partial charge < -0.3 is 19.7 Å². The van der Waals surface area contributed by atoms with Crippen molar-refractivity contribution in [3.63, 3.8) is 0 Å². The van der Waals surface area contributed by atoms with Gasteiger partial charge in [-0.3, -0.25) is 9.59 Å². The van der Waals surface area contributed by atoms with Crippen molar-refractivity contribution in [1.29, 1.82) is 0 Å². The summed E-state index contributed by atoms with van der Waals surface area (Å²) in [6.45, 7) is 1.18. The number of carbonyl (C=O) groups excluding carboxylic acids is 2. The fourth-order valence-corrected chi connectivity index (χ4v) is 3.05. The number of rotatable bonds is 5. The van der Waals surface area contributed by atoms with Crippen molar-refractivity contribution in [3.05, 3.63) is 53.6 Å². The summed E-state index contributed by atoms with van der Waals surface area (Å²) in [7, 11) is 3.07. The van der Waals surface area contributed by atoms with E-state index >= 15 is 0 Å². The number of benzene rings is 2. The van der Waals surface area contributed by atoms with Crippen LogP contribution in [0.4, 0.5) is 5.69 Å². The molecule has 0 bridgehead atoms. The first kappa shape index (κ1) is 17.8. The summed E-state index contributed by atoms with van der Waals surface area (Å²) in [6.07, 6.45) is 0.618. The normalized spacial score (nSPS) is 12.9. The van der Waals surface area contributed by atoms with Gasteiger partial charge in [0, 0.05) is 19.2 Å². The summed E-state index contributed by atoms with van der Waals surface area (Å²) in [5, 5.41) is 2.73. The van der Waals surface area contributed by atoms with Crippen LogP contribution in [0.25, 0.3) is 0 Å². The van der Waals surface area contributed by atoms with Gasteiger partial charge in [-0.15, -0.1) is 0 Å². The second kappa shape index (κ2) is 7.91. The zero-order valence-electron chi connectivity index (χ0n) is 15.0. The third-order valence-corrected chi connectivity index (χ3v) is 4.48. The van der Waals surface area contributed by atoms with Crippen LogP contribution in [-0.2, 0) is 22.6 Å². The van der Waals surface area contributed by atoms with E-state index in [0.717, 1.165) is 12.0 Å². The molecule has 6 heteroatoms. The molecule has 6 nitrogen and oxygen atoms in total. The highest BCUT2D eigenvalue weighted by molar-refractivity contribution is 6.04. The van der Waals surface area contributed by atoms with Crippen LogP contribution in [0.2, 0.25) is 0 Å². The van der Waals surface area contributed by atoms with E-state index < -0.39 is 0 Å². The van der Waals surface area contributed by atoms with Crippen molar-refractivity contribution in [2.24, 2.45) is 0 Å². The Hall–Kier alpha value is -3.02. The molecule has 3 rings (SSSR count). The Morgan fingerprint density at radius 3 is 2.58 bits per heavy atom. The second-order valence-corrected chi connectivity index (χ2v) is 6.13. The van der Waals surface area contributed by atoms with Crippen molar-refractivity contribution in [1.82, 2.24) is 4.90 Å². The molecule has 0 unspecified atom stereocenters. The summed E-state index contributed by atoms with van der Waals surface area (Å²) in [6, 6.07) is 13.2. The highest BCUT2D eigenvalue weighted by atomic mass is 16.5. The topological polar surface area (TPSA) is 67.9 Å². The predicted molar refractivity (Wildman–Crippen MR) is 98.4 cm³/mol. The van der Waals surface area contributed by atoms with Crippen molar-refractivity contribution in [3.8, 4) is 11.5 Å². The standard InChI is InChI=1S/C20H22N2O4/c1-25-16-7-8-17(18(11-16)26-2)21-19(23)12-20(24)22-10-9-14-5-3-4-6-15(14)13-22/h3-8,11H,9-10,12-13H2,1-2H3,(H,21,23). The van der Waals surface area contributed by atoms with Crippen molar-refractivity contribution >= 4 is 17.5 Å². The summed E-state index contributed by atoms with van der Waals surface area (Å²) in [5.41, 5.74) is 2.92. The maximum atomic E-state index is 12.5. The lowest BCUT2D eigenvalue weighted by atomic mass is 10.00. The molecule has 2 amide bonds. The number of methoxy groups -OCH3 is 2. The summed E-state index contributed by atoms with van der Waals surface area (Å²) >= 11 is 0. The Kier molecular flexibility index (Phi) is 5.41. The molecule has 0 radical (unpaired) electrons. The maximum Gasteiger partial charge on any atom is 0.233 e. The molecule has 0 saturated heterocycles. The van der Waals surface area contributed by atoms with Crippen molar-refractivity contribution in [2.45, 2.75) is 19.4 Å². The molecular weight excluding hydrogens is 332 g/mol. The number of nitrogens with zero attached hydrogens (tertiary/aromatic N) is 1. The van der Waals surface area contributed by atoms with Crippen LogP contribution >= 0.6 is 0 Å². The molecule has 0 saturated carbocycles. The average Bonchev–Trinajstić information content (AvgIpc) is 2.67. The van der Waals surface area contributed by atoms with Crippen LogP contribution in [0.5, 0.6) is 11.5 Å². The lowest BCUT2D eigenvalue weighted by Gasteiger charge is -2.28. The molecule has 0 aliphatic carbocycles. The minimum atomic E-state index is -0.364. The molecule has 1 aliphatic rings. The van der Waals surface area contributed by atoms with Gasteiger partial charge in [0.05, 0.1) is 19.9 Å². The van der Waals surface area contributed by atoms with Gasteiger partial charge >= 0.3 is 0 Å². The number of amides is 2. The molecule has 2 aromatic carbocycles. The van der Waals surface area contributed by atoms with E-state index in [1.807, 2.05) is 18.2 Å². The number of ether oxygens (including phenoxy) is 2. The van der Waals surface area contributed by atoms with Crippen LogP contribution in [0.3, 0.4) is 0 Å². The van der Waals surface area contributed by atoms with Crippen LogP contribution in [-0.4, -0.2) is 37.5 Å². The average molecular weight is 354 g/mol. The Morgan fingerprint density at radius 1 is 1.08 bits per heavy atom. The number of hydrogen-bond acceptors (Lipinski definition) is 4. The van der Waals surface area contributed by atoms with Gasteiger partial charge in [0.1, 0.15) is 17.9 Å². The Bertz CT molecular complexity index is 819.